The SMILES string of the molecule is Cc1cc2cc(C(C)(C)C)ccc2[cH-]1.Cc1cc2cc(C(C)(C)C)ccc2[cH-]1.[Cl-].[Cl-].[Zr+4]. The van der Waals surface area contributed by atoms with E-state index in [4.69, 9.17) is 0 Å². The minimum atomic E-state index is 0. The van der Waals surface area contributed by atoms with Gasteiger partial charge in [-0.05, 0) is 10.8 Å². The summed E-state index contributed by atoms with van der Waals surface area (Å²) in [5.74, 6) is 0. The van der Waals surface area contributed by atoms with Gasteiger partial charge < -0.3 is 24.8 Å². The minimum absolute atomic E-state index is 0. The van der Waals surface area contributed by atoms with E-state index in [-0.39, 0.29) is 61.8 Å². The fourth-order valence-corrected chi connectivity index (χ4v) is 3.66. The van der Waals surface area contributed by atoms with Gasteiger partial charge in [0.15, 0.2) is 0 Å². The van der Waals surface area contributed by atoms with Crippen LogP contribution in [-0.2, 0) is 37.0 Å². The molecule has 0 nitrogen and oxygen atoms in total. The Morgan fingerprint density at radius 2 is 0.871 bits per heavy atom. The molecule has 0 heterocycles. The summed E-state index contributed by atoms with van der Waals surface area (Å²) in [5.41, 5.74) is 6.03. The second kappa shape index (κ2) is 11.3. The van der Waals surface area contributed by atoms with Gasteiger partial charge in [0.2, 0.25) is 0 Å². The van der Waals surface area contributed by atoms with Crippen LogP contribution in [0, 0.1) is 13.8 Å². The molecule has 0 spiro atoms. The predicted octanol–water partition coefficient (Wildman–Crippen LogP) is 2.33. The van der Waals surface area contributed by atoms with Crippen molar-refractivity contribution >= 4 is 21.5 Å². The van der Waals surface area contributed by atoms with Crippen molar-refractivity contribution in [2.75, 3.05) is 0 Å². The molecular weight excluding hydrogens is 498 g/mol. The number of benzene rings is 2. The molecular formula is C28H34Cl2Zr. The van der Waals surface area contributed by atoms with Gasteiger partial charge in [0.25, 0.3) is 0 Å². The zero-order chi connectivity index (χ0) is 20.7. The molecule has 164 valence electrons. The van der Waals surface area contributed by atoms with Crippen molar-refractivity contribution in [2.24, 2.45) is 0 Å². The molecule has 0 atom stereocenters. The molecule has 0 bridgehead atoms. The summed E-state index contributed by atoms with van der Waals surface area (Å²) in [6.07, 6.45) is 0. The van der Waals surface area contributed by atoms with E-state index >= 15 is 0 Å². The number of aryl methyl sites for hydroxylation is 2. The Morgan fingerprint density at radius 1 is 0.548 bits per heavy atom. The molecule has 0 unspecified atom stereocenters. The molecule has 4 aromatic rings. The number of hydrogen-bond acceptors (Lipinski definition) is 0. The number of fused-ring (bicyclic) bond motifs is 2. The molecule has 3 heteroatoms. The summed E-state index contributed by atoms with van der Waals surface area (Å²) in [6.45, 7) is 17.8. The third-order valence-electron chi connectivity index (χ3n) is 5.44. The first-order chi connectivity index (χ1) is 12.9. The Hall–Kier alpha value is -0.877. The molecule has 0 radical (unpaired) electrons. The van der Waals surface area contributed by atoms with Gasteiger partial charge >= 0.3 is 26.2 Å². The van der Waals surface area contributed by atoms with Crippen LogP contribution in [0.3, 0.4) is 0 Å². The van der Waals surface area contributed by atoms with Gasteiger partial charge in [-0.2, -0.15) is 12.1 Å². The molecule has 0 N–H and O–H groups in total. The maximum absolute atomic E-state index is 2.31. The molecule has 0 amide bonds. The van der Waals surface area contributed by atoms with Crippen LogP contribution in [0.4, 0.5) is 0 Å². The molecule has 0 aliphatic heterocycles. The van der Waals surface area contributed by atoms with E-state index in [1.54, 1.807) is 0 Å². The first-order valence-corrected chi connectivity index (χ1v) is 10.3. The first kappa shape index (κ1) is 30.1. The summed E-state index contributed by atoms with van der Waals surface area (Å²) in [5, 5.41) is 5.45. The van der Waals surface area contributed by atoms with Gasteiger partial charge in [-0.1, -0.05) is 66.5 Å². The fraction of sp³-hybridized carbons (Fsp3) is 0.357. The first-order valence-electron chi connectivity index (χ1n) is 10.3. The minimum Gasteiger partial charge on any atom is -1.00 e. The van der Waals surface area contributed by atoms with E-state index in [2.05, 4.69) is 116 Å². The number of rotatable bonds is 0. The topological polar surface area (TPSA) is 0 Å². The van der Waals surface area contributed by atoms with E-state index in [9.17, 15) is 0 Å². The second-order valence-electron chi connectivity index (χ2n) is 10.3. The van der Waals surface area contributed by atoms with Crippen molar-refractivity contribution in [1.29, 1.82) is 0 Å². The number of hydrogen-bond donors (Lipinski definition) is 0. The van der Waals surface area contributed by atoms with Crippen molar-refractivity contribution in [3.05, 3.63) is 82.9 Å². The predicted molar refractivity (Wildman–Crippen MR) is 126 cm³/mol. The van der Waals surface area contributed by atoms with Crippen LogP contribution in [-0.4, -0.2) is 0 Å². The van der Waals surface area contributed by atoms with Gasteiger partial charge in [-0.15, -0.1) is 81.2 Å². The van der Waals surface area contributed by atoms with Gasteiger partial charge in [0.05, 0.1) is 0 Å². The summed E-state index contributed by atoms with van der Waals surface area (Å²) in [4.78, 5) is 0. The normalized spacial score (nSPS) is 11.1. The van der Waals surface area contributed by atoms with Crippen molar-refractivity contribution in [3.8, 4) is 0 Å². The Bertz CT molecular complexity index is 1010. The summed E-state index contributed by atoms with van der Waals surface area (Å²) >= 11 is 0. The quantitative estimate of drug-likeness (QED) is 0.305. The third-order valence-corrected chi connectivity index (χ3v) is 5.44. The summed E-state index contributed by atoms with van der Waals surface area (Å²) in [6, 6.07) is 22.5. The van der Waals surface area contributed by atoms with E-state index in [0.717, 1.165) is 0 Å². The van der Waals surface area contributed by atoms with Crippen LogP contribution in [0.2, 0.25) is 0 Å². The Labute approximate surface area is 220 Å². The summed E-state index contributed by atoms with van der Waals surface area (Å²) < 4.78 is 0. The maximum atomic E-state index is 2.31. The van der Waals surface area contributed by atoms with Crippen molar-refractivity contribution in [3.63, 3.8) is 0 Å². The maximum Gasteiger partial charge on any atom is 4.00 e. The second-order valence-corrected chi connectivity index (χ2v) is 10.3. The molecule has 4 aromatic carbocycles. The van der Waals surface area contributed by atoms with Crippen LogP contribution in [0.25, 0.3) is 21.5 Å². The van der Waals surface area contributed by atoms with Crippen LogP contribution in [0.1, 0.15) is 63.8 Å². The zero-order valence-corrected chi connectivity index (χ0v) is 24.0. The Morgan fingerprint density at radius 3 is 1.16 bits per heavy atom. The van der Waals surface area contributed by atoms with Gasteiger partial charge in [0, 0.05) is 0 Å². The average molecular weight is 533 g/mol. The molecule has 0 aliphatic rings. The molecule has 0 saturated carbocycles. The monoisotopic (exact) mass is 530 g/mol. The third kappa shape index (κ3) is 7.59. The van der Waals surface area contributed by atoms with E-state index in [1.165, 1.54) is 43.8 Å². The molecule has 4 rings (SSSR count). The average Bonchev–Trinajstić information content (AvgIpc) is 3.12. The standard InChI is InChI=1S/2C14H17.2ClH.Zr/c2*1-10-7-11-5-6-13(14(2,3)4)9-12(11)8-10;;;/h2*5-9H,1-4H3;2*1H;/q2*-1;;;+4/p-2. The zero-order valence-electron chi connectivity index (χ0n) is 20.0. The van der Waals surface area contributed by atoms with Gasteiger partial charge in [-0.3, -0.25) is 0 Å². The van der Waals surface area contributed by atoms with Crippen LogP contribution >= 0.6 is 0 Å². The van der Waals surface area contributed by atoms with Crippen molar-refractivity contribution in [2.45, 2.75) is 66.2 Å². The molecule has 0 aromatic heterocycles. The largest absolute Gasteiger partial charge is 4.00 e. The molecule has 0 aliphatic carbocycles. The molecule has 31 heavy (non-hydrogen) atoms. The fourth-order valence-electron chi connectivity index (χ4n) is 3.66. The van der Waals surface area contributed by atoms with Crippen LogP contribution in [0.5, 0.6) is 0 Å². The number of halogens is 2. The van der Waals surface area contributed by atoms with Gasteiger partial charge in [0.1, 0.15) is 0 Å². The van der Waals surface area contributed by atoms with Crippen LogP contribution < -0.4 is 24.8 Å². The smallest absolute Gasteiger partial charge is 1.00 e. The van der Waals surface area contributed by atoms with E-state index in [0.29, 0.717) is 0 Å². The van der Waals surface area contributed by atoms with E-state index in [1.807, 2.05) is 0 Å². The van der Waals surface area contributed by atoms with Gasteiger partial charge in [-0.25, -0.2) is 0 Å². The molecule has 0 saturated heterocycles. The Balaban J connectivity index is 0.000000529. The van der Waals surface area contributed by atoms with Crippen LogP contribution in [0.15, 0.2) is 60.7 Å². The van der Waals surface area contributed by atoms with E-state index < -0.39 is 0 Å². The summed E-state index contributed by atoms with van der Waals surface area (Å²) in [7, 11) is 0. The van der Waals surface area contributed by atoms with Crippen molar-refractivity contribution in [1.82, 2.24) is 0 Å². The Kier molecular flexibility index (Phi) is 11.0. The van der Waals surface area contributed by atoms with Crippen molar-refractivity contribution < 1.29 is 51.0 Å². The molecule has 0 fully saturated rings.